The zero-order valence-electron chi connectivity index (χ0n) is 19.0. The van der Waals surface area contributed by atoms with Gasteiger partial charge in [0.15, 0.2) is 10.9 Å². The Balaban J connectivity index is 1.54. The van der Waals surface area contributed by atoms with E-state index in [1.807, 2.05) is 18.4 Å². The SMILES string of the molecule is CSc1sc(NC(=O)Nc2ccc(N3CCOCC3)cc2C(=O)C2CCCC2)nc1CC(=O)O. The molecule has 1 saturated heterocycles. The molecule has 2 aromatic rings. The third-order valence-electron chi connectivity index (χ3n) is 6.01. The largest absolute Gasteiger partial charge is 0.481 e. The highest BCUT2D eigenvalue weighted by atomic mass is 32.2. The summed E-state index contributed by atoms with van der Waals surface area (Å²) in [4.78, 5) is 43.6. The summed E-state index contributed by atoms with van der Waals surface area (Å²) in [7, 11) is 0. The highest BCUT2D eigenvalue weighted by molar-refractivity contribution is 8.00. The molecular weight excluding hydrogens is 476 g/mol. The van der Waals surface area contributed by atoms with E-state index in [0.29, 0.717) is 35.3 Å². The summed E-state index contributed by atoms with van der Waals surface area (Å²) >= 11 is 2.61. The zero-order chi connectivity index (χ0) is 24.1. The summed E-state index contributed by atoms with van der Waals surface area (Å²) < 4.78 is 6.18. The maximum atomic E-state index is 13.3. The number of morpholine rings is 1. The van der Waals surface area contributed by atoms with Crippen LogP contribution >= 0.6 is 23.1 Å². The van der Waals surface area contributed by atoms with Crippen molar-refractivity contribution in [3.8, 4) is 0 Å². The second kappa shape index (κ2) is 11.2. The van der Waals surface area contributed by atoms with E-state index in [0.717, 1.165) is 48.7 Å². The van der Waals surface area contributed by atoms with Crippen molar-refractivity contribution in [3.63, 3.8) is 0 Å². The first kappa shape index (κ1) is 24.5. The maximum Gasteiger partial charge on any atom is 0.325 e. The molecular formula is C23H28N4O5S2. The number of thioether (sulfide) groups is 1. The molecule has 3 N–H and O–H groups in total. The Morgan fingerprint density at radius 3 is 2.62 bits per heavy atom. The number of nitrogens with one attached hydrogen (secondary N) is 2. The van der Waals surface area contributed by atoms with Crippen LogP contribution in [-0.2, 0) is 16.0 Å². The van der Waals surface area contributed by atoms with Gasteiger partial charge < -0.3 is 20.1 Å². The second-order valence-electron chi connectivity index (χ2n) is 8.28. The summed E-state index contributed by atoms with van der Waals surface area (Å²) in [6, 6.07) is 5.04. The van der Waals surface area contributed by atoms with Crippen LogP contribution in [0.3, 0.4) is 0 Å². The number of rotatable bonds is 8. The number of urea groups is 1. The van der Waals surface area contributed by atoms with Gasteiger partial charge in [0, 0.05) is 30.3 Å². The lowest BCUT2D eigenvalue weighted by molar-refractivity contribution is -0.136. The summed E-state index contributed by atoms with van der Waals surface area (Å²) in [5.74, 6) is -0.942. The molecule has 1 aromatic carbocycles. The Morgan fingerprint density at radius 2 is 1.94 bits per heavy atom. The second-order valence-corrected chi connectivity index (χ2v) is 10.4. The van der Waals surface area contributed by atoms with Crippen LogP contribution in [0.15, 0.2) is 22.4 Å². The van der Waals surface area contributed by atoms with Gasteiger partial charge in [0.25, 0.3) is 0 Å². The molecule has 1 aromatic heterocycles. The molecule has 0 unspecified atom stereocenters. The number of carboxylic acids is 1. The van der Waals surface area contributed by atoms with E-state index in [2.05, 4.69) is 20.5 Å². The fourth-order valence-electron chi connectivity index (χ4n) is 4.33. The average Bonchev–Trinajstić information content (AvgIpc) is 3.49. The summed E-state index contributed by atoms with van der Waals surface area (Å²) in [5, 5.41) is 14.9. The number of aliphatic carboxylic acids is 1. The Hall–Kier alpha value is -2.63. The first-order valence-electron chi connectivity index (χ1n) is 11.3. The molecule has 0 radical (unpaired) electrons. The van der Waals surface area contributed by atoms with Crippen LogP contribution in [-0.4, -0.2) is 60.4 Å². The fourth-order valence-corrected chi connectivity index (χ4v) is 5.96. The quantitative estimate of drug-likeness (QED) is 0.359. The van der Waals surface area contributed by atoms with Gasteiger partial charge in [-0.3, -0.25) is 14.9 Å². The minimum atomic E-state index is -0.980. The number of thiazole rings is 1. The molecule has 2 aliphatic rings. The number of hydrogen-bond donors (Lipinski definition) is 3. The Morgan fingerprint density at radius 1 is 1.21 bits per heavy atom. The Labute approximate surface area is 206 Å². The third kappa shape index (κ3) is 5.89. The fraction of sp³-hybridized carbons (Fsp3) is 0.478. The van der Waals surface area contributed by atoms with Crippen molar-refractivity contribution in [2.24, 2.45) is 5.92 Å². The molecule has 4 rings (SSSR count). The van der Waals surface area contributed by atoms with Gasteiger partial charge in [-0.2, -0.15) is 0 Å². The number of carbonyl (C=O) groups excluding carboxylic acids is 2. The number of anilines is 3. The highest BCUT2D eigenvalue weighted by Gasteiger charge is 2.27. The van der Waals surface area contributed by atoms with Crippen LogP contribution in [0.2, 0.25) is 0 Å². The lowest BCUT2D eigenvalue weighted by atomic mass is 9.94. The number of nitrogens with zero attached hydrogens (tertiary/aromatic N) is 2. The number of carbonyl (C=O) groups is 3. The van der Waals surface area contributed by atoms with Gasteiger partial charge in [-0.05, 0) is 37.3 Å². The minimum Gasteiger partial charge on any atom is -0.481 e. The third-order valence-corrected chi connectivity index (χ3v) is 8.17. The van der Waals surface area contributed by atoms with Gasteiger partial charge in [-0.25, -0.2) is 9.78 Å². The number of amides is 2. The number of hydrogen-bond acceptors (Lipinski definition) is 8. The molecule has 9 nitrogen and oxygen atoms in total. The molecule has 2 amide bonds. The van der Waals surface area contributed by atoms with Crippen LogP contribution in [0.4, 0.5) is 21.3 Å². The van der Waals surface area contributed by atoms with Crippen LogP contribution in [0, 0.1) is 5.92 Å². The van der Waals surface area contributed by atoms with Crippen molar-refractivity contribution in [1.82, 2.24) is 4.98 Å². The molecule has 0 bridgehead atoms. The van der Waals surface area contributed by atoms with E-state index in [1.165, 1.54) is 23.1 Å². The number of ketones is 1. The monoisotopic (exact) mass is 504 g/mol. The number of Topliss-reactive ketones (excluding diaryl/α,β-unsaturated/α-hetero) is 1. The van der Waals surface area contributed by atoms with Crippen molar-refractivity contribution < 1.29 is 24.2 Å². The van der Waals surface area contributed by atoms with E-state index >= 15 is 0 Å². The lowest BCUT2D eigenvalue weighted by Gasteiger charge is -2.29. The van der Waals surface area contributed by atoms with Gasteiger partial charge in [0.05, 0.1) is 35.2 Å². The highest BCUT2D eigenvalue weighted by Crippen LogP contribution is 2.34. The van der Waals surface area contributed by atoms with Gasteiger partial charge in [0.2, 0.25) is 0 Å². The summed E-state index contributed by atoms with van der Waals surface area (Å²) in [6.07, 6.45) is 5.45. The molecule has 2 heterocycles. The minimum absolute atomic E-state index is 0.0229. The Kier molecular flexibility index (Phi) is 8.07. The smallest absolute Gasteiger partial charge is 0.325 e. The maximum absolute atomic E-state index is 13.3. The summed E-state index contributed by atoms with van der Waals surface area (Å²) in [6.45, 7) is 2.80. The van der Waals surface area contributed by atoms with E-state index in [1.54, 1.807) is 6.07 Å². The van der Waals surface area contributed by atoms with Gasteiger partial charge in [-0.1, -0.05) is 24.2 Å². The number of aromatic nitrogens is 1. The molecule has 0 atom stereocenters. The molecule has 182 valence electrons. The van der Waals surface area contributed by atoms with Crippen LogP contribution in [0.25, 0.3) is 0 Å². The molecule has 11 heteroatoms. The first-order valence-corrected chi connectivity index (χ1v) is 13.3. The predicted molar refractivity (Wildman–Crippen MR) is 134 cm³/mol. The van der Waals surface area contributed by atoms with Crippen LogP contribution < -0.4 is 15.5 Å². The van der Waals surface area contributed by atoms with Crippen LogP contribution in [0.5, 0.6) is 0 Å². The Bertz CT molecular complexity index is 1060. The average molecular weight is 505 g/mol. The van der Waals surface area contributed by atoms with Gasteiger partial charge in [-0.15, -0.1) is 11.8 Å². The number of benzene rings is 1. The topological polar surface area (TPSA) is 121 Å². The molecule has 0 spiro atoms. The predicted octanol–water partition coefficient (Wildman–Crippen LogP) is 4.35. The molecule has 1 aliphatic carbocycles. The van der Waals surface area contributed by atoms with Gasteiger partial charge in [0.1, 0.15) is 0 Å². The van der Waals surface area contributed by atoms with Crippen molar-refractivity contribution >= 4 is 57.4 Å². The number of ether oxygens (including phenoxy) is 1. The van der Waals surface area contributed by atoms with Crippen molar-refractivity contribution in [3.05, 3.63) is 29.5 Å². The van der Waals surface area contributed by atoms with Crippen molar-refractivity contribution in [2.75, 3.05) is 48.1 Å². The normalized spacial score (nSPS) is 16.4. The van der Waals surface area contributed by atoms with E-state index in [4.69, 9.17) is 9.84 Å². The zero-order valence-corrected chi connectivity index (χ0v) is 20.6. The van der Waals surface area contributed by atoms with E-state index in [9.17, 15) is 14.4 Å². The molecule has 1 saturated carbocycles. The van der Waals surface area contributed by atoms with Crippen LogP contribution in [0.1, 0.15) is 41.7 Å². The van der Waals surface area contributed by atoms with E-state index < -0.39 is 12.0 Å². The van der Waals surface area contributed by atoms with E-state index in [-0.39, 0.29) is 18.1 Å². The summed E-state index contributed by atoms with van der Waals surface area (Å²) in [5.41, 5.74) is 2.34. The molecule has 2 fully saturated rings. The standard InChI is InChI=1S/C23H28N4O5S2/c1-33-21-18(13-19(28)29)25-23(34-21)26-22(31)24-17-7-6-15(27-8-10-32-11-9-27)12-16(17)20(30)14-4-2-3-5-14/h6-7,12,14H,2-5,8-11,13H2,1H3,(H,28,29)(H2,24,25,26,31). The van der Waals surface area contributed by atoms with Crippen molar-refractivity contribution in [2.45, 2.75) is 36.3 Å². The number of carboxylic acid groups (broad SMARTS) is 1. The van der Waals surface area contributed by atoms with Crippen molar-refractivity contribution in [1.29, 1.82) is 0 Å². The molecule has 34 heavy (non-hydrogen) atoms. The molecule has 1 aliphatic heterocycles. The first-order chi connectivity index (χ1) is 16.4. The lowest BCUT2D eigenvalue weighted by Crippen LogP contribution is -2.36. The van der Waals surface area contributed by atoms with Gasteiger partial charge >= 0.3 is 12.0 Å².